The van der Waals surface area contributed by atoms with Crippen LogP contribution in [0.3, 0.4) is 0 Å². The van der Waals surface area contributed by atoms with E-state index in [9.17, 15) is 9.59 Å². The molecular formula is C21H21NO4. The average molecular weight is 351 g/mol. The summed E-state index contributed by atoms with van der Waals surface area (Å²) in [6.45, 7) is 3.39. The lowest BCUT2D eigenvalue weighted by Gasteiger charge is -2.31. The molecule has 0 radical (unpaired) electrons. The zero-order valence-electron chi connectivity index (χ0n) is 14.7. The van der Waals surface area contributed by atoms with Crippen molar-refractivity contribution >= 4 is 11.7 Å². The van der Waals surface area contributed by atoms with Gasteiger partial charge in [0, 0.05) is 30.1 Å². The fourth-order valence-corrected chi connectivity index (χ4v) is 3.51. The third-order valence-corrected chi connectivity index (χ3v) is 5.11. The van der Waals surface area contributed by atoms with Gasteiger partial charge in [-0.15, -0.1) is 0 Å². The van der Waals surface area contributed by atoms with E-state index >= 15 is 0 Å². The number of carbonyl (C=O) groups excluding carboxylic acids is 2. The molecule has 5 heteroatoms. The molecule has 5 nitrogen and oxygen atoms in total. The second-order valence-corrected chi connectivity index (χ2v) is 6.86. The van der Waals surface area contributed by atoms with Gasteiger partial charge in [0.1, 0.15) is 0 Å². The molecule has 2 aliphatic rings. The Bertz CT molecular complexity index is 836. The molecule has 0 atom stereocenters. The molecule has 0 aliphatic carbocycles. The predicted octanol–water partition coefficient (Wildman–Crippen LogP) is 3.46. The number of Topliss-reactive ketones (excluding diaryl/α,β-unsaturated/α-hetero) is 1. The summed E-state index contributed by atoms with van der Waals surface area (Å²) in [5.41, 5.74) is 2.50. The third-order valence-electron chi connectivity index (χ3n) is 5.11. The van der Waals surface area contributed by atoms with Crippen molar-refractivity contribution in [2.75, 3.05) is 19.9 Å². The maximum atomic E-state index is 12.7. The van der Waals surface area contributed by atoms with Gasteiger partial charge in [-0.1, -0.05) is 29.8 Å². The van der Waals surface area contributed by atoms with E-state index in [0.717, 1.165) is 11.1 Å². The summed E-state index contributed by atoms with van der Waals surface area (Å²) in [4.78, 5) is 27.2. The normalized spacial score (nSPS) is 16.6. The molecule has 2 heterocycles. The molecule has 1 amide bonds. The number of hydrogen-bond acceptors (Lipinski definition) is 4. The zero-order valence-corrected chi connectivity index (χ0v) is 14.7. The van der Waals surface area contributed by atoms with Crippen LogP contribution in [0.4, 0.5) is 0 Å². The van der Waals surface area contributed by atoms with Crippen molar-refractivity contribution in [1.29, 1.82) is 0 Å². The lowest BCUT2D eigenvalue weighted by Crippen LogP contribution is -2.40. The van der Waals surface area contributed by atoms with E-state index in [1.54, 1.807) is 18.2 Å². The van der Waals surface area contributed by atoms with E-state index in [4.69, 9.17) is 9.47 Å². The number of ketones is 1. The molecule has 0 N–H and O–H groups in total. The summed E-state index contributed by atoms with van der Waals surface area (Å²) in [5.74, 6) is 1.42. The molecule has 134 valence electrons. The molecule has 0 bridgehead atoms. The third kappa shape index (κ3) is 3.17. The van der Waals surface area contributed by atoms with Gasteiger partial charge in [-0.3, -0.25) is 9.59 Å². The maximum Gasteiger partial charge on any atom is 0.253 e. The number of likely N-dealkylation sites (tertiary alicyclic amines) is 1. The minimum absolute atomic E-state index is 0.0153. The molecule has 4 rings (SSSR count). The maximum absolute atomic E-state index is 12.7. The Morgan fingerprint density at radius 2 is 1.58 bits per heavy atom. The number of nitrogens with zero attached hydrogens (tertiary/aromatic N) is 1. The second kappa shape index (κ2) is 6.83. The van der Waals surface area contributed by atoms with Gasteiger partial charge in [-0.2, -0.15) is 0 Å². The van der Waals surface area contributed by atoms with Crippen LogP contribution in [0.1, 0.15) is 39.1 Å². The predicted molar refractivity (Wildman–Crippen MR) is 96.7 cm³/mol. The van der Waals surface area contributed by atoms with Crippen LogP contribution < -0.4 is 9.47 Å². The van der Waals surface area contributed by atoms with Crippen molar-refractivity contribution in [2.45, 2.75) is 19.8 Å². The van der Waals surface area contributed by atoms with Gasteiger partial charge < -0.3 is 14.4 Å². The van der Waals surface area contributed by atoms with Crippen molar-refractivity contribution in [1.82, 2.24) is 4.90 Å². The Kier molecular flexibility index (Phi) is 4.37. The van der Waals surface area contributed by atoms with Gasteiger partial charge >= 0.3 is 0 Å². The van der Waals surface area contributed by atoms with E-state index in [1.165, 1.54) is 0 Å². The molecule has 2 aliphatic heterocycles. The first-order chi connectivity index (χ1) is 12.6. The Hall–Kier alpha value is -2.82. The largest absolute Gasteiger partial charge is 0.454 e. The van der Waals surface area contributed by atoms with E-state index in [0.29, 0.717) is 43.0 Å². The van der Waals surface area contributed by atoms with Gasteiger partial charge in [0.15, 0.2) is 17.3 Å². The first kappa shape index (κ1) is 16.6. The van der Waals surface area contributed by atoms with E-state index < -0.39 is 0 Å². The summed E-state index contributed by atoms with van der Waals surface area (Å²) in [7, 11) is 0. The molecule has 0 unspecified atom stereocenters. The van der Waals surface area contributed by atoms with Crippen LogP contribution in [-0.4, -0.2) is 36.5 Å². The Labute approximate surface area is 152 Å². The molecule has 2 aromatic carbocycles. The second-order valence-electron chi connectivity index (χ2n) is 6.86. The van der Waals surface area contributed by atoms with Crippen molar-refractivity contribution in [3.05, 3.63) is 59.2 Å². The van der Waals surface area contributed by atoms with Crippen LogP contribution in [0, 0.1) is 12.8 Å². The lowest BCUT2D eigenvalue weighted by molar-refractivity contribution is 0.0650. The van der Waals surface area contributed by atoms with Crippen LogP contribution in [0.2, 0.25) is 0 Å². The van der Waals surface area contributed by atoms with Gasteiger partial charge in [-0.05, 0) is 38.0 Å². The monoisotopic (exact) mass is 351 g/mol. The highest BCUT2D eigenvalue weighted by Gasteiger charge is 2.29. The SMILES string of the molecule is Cc1ccc(C(=O)C2CCN(C(=O)c3ccc4c(c3)OCO4)CC2)cc1. The fraction of sp³-hybridized carbons (Fsp3) is 0.333. The number of ether oxygens (including phenoxy) is 2. The molecular weight excluding hydrogens is 330 g/mol. The van der Waals surface area contributed by atoms with E-state index in [1.807, 2.05) is 36.1 Å². The Balaban J connectivity index is 1.39. The van der Waals surface area contributed by atoms with Crippen LogP contribution in [0.25, 0.3) is 0 Å². The number of aryl methyl sites for hydroxylation is 1. The highest BCUT2D eigenvalue weighted by molar-refractivity contribution is 5.98. The van der Waals surface area contributed by atoms with Crippen molar-refractivity contribution < 1.29 is 19.1 Å². The molecule has 1 saturated heterocycles. The summed E-state index contributed by atoms with van der Waals surface area (Å²) in [6.07, 6.45) is 1.39. The highest BCUT2D eigenvalue weighted by atomic mass is 16.7. The van der Waals surface area contributed by atoms with Crippen molar-refractivity contribution in [3.8, 4) is 11.5 Å². The van der Waals surface area contributed by atoms with Gasteiger partial charge in [-0.25, -0.2) is 0 Å². The highest BCUT2D eigenvalue weighted by Crippen LogP contribution is 2.33. The molecule has 2 aromatic rings. The zero-order chi connectivity index (χ0) is 18.1. The van der Waals surface area contributed by atoms with Gasteiger partial charge in [0.05, 0.1) is 0 Å². The number of carbonyl (C=O) groups is 2. The molecule has 0 saturated carbocycles. The van der Waals surface area contributed by atoms with Gasteiger partial charge in [0.25, 0.3) is 5.91 Å². The molecule has 0 spiro atoms. The molecule has 26 heavy (non-hydrogen) atoms. The van der Waals surface area contributed by atoms with E-state index in [-0.39, 0.29) is 24.4 Å². The van der Waals surface area contributed by atoms with Crippen LogP contribution >= 0.6 is 0 Å². The Morgan fingerprint density at radius 1 is 0.923 bits per heavy atom. The topological polar surface area (TPSA) is 55.8 Å². The van der Waals surface area contributed by atoms with Crippen LogP contribution in [0.15, 0.2) is 42.5 Å². The number of rotatable bonds is 3. The summed E-state index contributed by atoms with van der Waals surface area (Å²) < 4.78 is 10.6. The first-order valence-electron chi connectivity index (χ1n) is 8.91. The van der Waals surface area contributed by atoms with E-state index in [2.05, 4.69) is 0 Å². The molecule has 1 fully saturated rings. The summed E-state index contributed by atoms with van der Waals surface area (Å²) >= 11 is 0. The number of piperidine rings is 1. The standard InChI is InChI=1S/C21H21NO4/c1-14-2-4-15(5-3-14)20(23)16-8-10-22(11-9-16)21(24)17-6-7-18-19(12-17)26-13-25-18/h2-7,12,16H,8-11,13H2,1H3. The number of benzene rings is 2. The number of amides is 1. The first-order valence-corrected chi connectivity index (χ1v) is 8.91. The van der Waals surface area contributed by atoms with Crippen LogP contribution in [-0.2, 0) is 0 Å². The van der Waals surface area contributed by atoms with Crippen LogP contribution in [0.5, 0.6) is 11.5 Å². The van der Waals surface area contributed by atoms with Gasteiger partial charge in [0.2, 0.25) is 6.79 Å². The number of hydrogen-bond donors (Lipinski definition) is 0. The summed E-state index contributed by atoms with van der Waals surface area (Å²) in [5, 5.41) is 0. The van der Waals surface area contributed by atoms with Crippen molar-refractivity contribution in [2.24, 2.45) is 5.92 Å². The average Bonchev–Trinajstić information content (AvgIpc) is 3.15. The van der Waals surface area contributed by atoms with Crippen molar-refractivity contribution in [3.63, 3.8) is 0 Å². The summed E-state index contributed by atoms with van der Waals surface area (Å²) in [6, 6.07) is 13.0. The number of fused-ring (bicyclic) bond motifs is 1. The minimum atomic E-state index is -0.0236. The Morgan fingerprint density at radius 3 is 2.31 bits per heavy atom. The quantitative estimate of drug-likeness (QED) is 0.795. The minimum Gasteiger partial charge on any atom is -0.454 e. The molecule has 0 aromatic heterocycles. The fourth-order valence-electron chi connectivity index (χ4n) is 3.51. The lowest BCUT2D eigenvalue weighted by atomic mass is 9.88. The smallest absolute Gasteiger partial charge is 0.253 e.